The average Bonchev–Trinajstić information content (AvgIpc) is 3.79. The number of halogens is 1. The molecule has 2 aromatic carbocycles. The lowest BCUT2D eigenvalue weighted by Gasteiger charge is -2.18. The van der Waals surface area contributed by atoms with Crippen LogP contribution in [0.15, 0.2) is 102 Å². The minimum Gasteiger partial charge on any atom is -0.491 e. The number of aryl methyl sites for hydroxylation is 1. The molecule has 12 nitrogen and oxygen atoms in total. The van der Waals surface area contributed by atoms with E-state index < -0.39 is 0 Å². The summed E-state index contributed by atoms with van der Waals surface area (Å²) in [6.07, 6.45) is 13.0. The van der Waals surface area contributed by atoms with E-state index in [1.807, 2.05) is 87.5 Å². The van der Waals surface area contributed by atoms with Crippen LogP contribution in [0, 0.1) is 6.92 Å². The van der Waals surface area contributed by atoms with Gasteiger partial charge in [0.05, 0.1) is 13.2 Å². The summed E-state index contributed by atoms with van der Waals surface area (Å²) < 4.78 is 23.5. The van der Waals surface area contributed by atoms with E-state index in [2.05, 4.69) is 32.8 Å². The second kappa shape index (κ2) is 24.0. The molecule has 2 saturated heterocycles. The van der Waals surface area contributed by atoms with Crippen molar-refractivity contribution in [2.75, 3.05) is 88.7 Å². The van der Waals surface area contributed by atoms with Crippen LogP contribution in [0.2, 0.25) is 0 Å². The molecule has 6 rings (SSSR count). The van der Waals surface area contributed by atoms with E-state index in [1.54, 1.807) is 29.7 Å². The van der Waals surface area contributed by atoms with Crippen molar-refractivity contribution >= 4 is 39.4 Å². The van der Waals surface area contributed by atoms with Crippen molar-refractivity contribution in [1.82, 2.24) is 19.8 Å². The van der Waals surface area contributed by atoms with Crippen molar-refractivity contribution in [3.63, 3.8) is 0 Å². The Morgan fingerprint density at radius 2 is 0.946 bits per heavy atom. The van der Waals surface area contributed by atoms with Crippen LogP contribution in [0.25, 0.3) is 0 Å². The summed E-state index contributed by atoms with van der Waals surface area (Å²) >= 11 is 3.40. The first-order valence-electron chi connectivity index (χ1n) is 19.6. The van der Waals surface area contributed by atoms with E-state index in [9.17, 15) is 9.59 Å². The lowest BCUT2D eigenvalue weighted by molar-refractivity contribution is 0.0963. The second-order valence-electron chi connectivity index (χ2n) is 13.6. The highest BCUT2D eigenvalue weighted by Crippen LogP contribution is 2.21. The number of urea groups is 2. The van der Waals surface area contributed by atoms with E-state index in [4.69, 9.17) is 18.9 Å². The van der Waals surface area contributed by atoms with Gasteiger partial charge in [-0.15, -0.1) is 0 Å². The standard InChI is InChI=1S/C23H31N3O3.C20H24BrN3O3/c1-20-6-8-22(9-7-20)29-19-18-28-17-5-3-2-4-14-25-15-16-26(23(25)27)21-10-12-24-13-11-21;21-17-3-5-19(6-4-17)27-16-15-26-14-2-1-11-23-12-13-24(20(23)25)18-7-9-22-10-8-18/h6-13H,2-5,14-19H2,1H3;3-10H,1-2,11-16H2. The molecular weight excluding hydrogens is 776 g/mol. The minimum absolute atomic E-state index is 0.0741. The number of amides is 4. The van der Waals surface area contributed by atoms with Crippen molar-refractivity contribution in [3.8, 4) is 11.5 Å². The summed E-state index contributed by atoms with van der Waals surface area (Å²) in [5, 5.41) is 0. The molecule has 4 heterocycles. The lowest BCUT2D eigenvalue weighted by Crippen LogP contribution is -2.32. The topological polar surface area (TPSA) is 110 Å². The Bertz CT molecular complexity index is 1700. The van der Waals surface area contributed by atoms with Gasteiger partial charge in [-0.3, -0.25) is 19.8 Å². The summed E-state index contributed by atoms with van der Waals surface area (Å²) in [5.74, 6) is 1.73. The van der Waals surface area contributed by atoms with Crippen molar-refractivity contribution in [3.05, 3.63) is 108 Å². The number of benzene rings is 2. The van der Waals surface area contributed by atoms with Gasteiger partial charge in [-0.05, 0) is 93.3 Å². The van der Waals surface area contributed by atoms with E-state index >= 15 is 0 Å². The second-order valence-corrected chi connectivity index (χ2v) is 14.5. The lowest BCUT2D eigenvalue weighted by atomic mass is 10.2. The Hall–Kier alpha value is -4.72. The molecule has 0 bridgehead atoms. The highest BCUT2D eigenvalue weighted by molar-refractivity contribution is 9.10. The van der Waals surface area contributed by atoms with Gasteiger partial charge in [-0.2, -0.15) is 0 Å². The van der Waals surface area contributed by atoms with Crippen molar-refractivity contribution < 1.29 is 28.5 Å². The maximum absolute atomic E-state index is 12.5. The molecule has 300 valence electrons. The summed E-state index contributed by atoms with van der Waals surface area (Å²) in [6, 6.07) is 23.5. The fourth-order valence-corrected chi connectivity index (χ4v) is 6.55. The van der Waals surface area contributed by atoms with Crippen LogP contribution >= 0.6 is 15.9 Å². The first-order valence-corrected chi connectivity index (χ1v) is 20.4. The van der Waals surface area contributed by atoms with Crippen LogP contribution in [-0.4, -0.2) is 111 Å². The van der Waals surface area contributed by atoms with Gasteiger partial charge in [-0.25, -0.2) is 9.59 Å². The van der Waals surface area contributed by atoms with Gasteiger partial charge in [-0.1, -0.05) is 46.5 Å². The molecule has 2 fully saturated rings. The van der Waals surface area contributed by atoms with Gasteiger partial charge < -0.3 is 28.7 Å². The number of aromatic nitrogens is 2. The number of rotatable bonds is 22. The fourth-order valence-electron chi connectivity index (χ4n) is 6.28. The van der Waals surface area contributed by atoms with E-state index in [0.717, 1.165) is 112 Å². The predicted octanol–water partition coefficient (Wildman–Crippen LogP) is 8.25. The van der Waals surface area contributed by atoms with Gasteiger partial charge in [0, 0.05) is 93.1 Å². The van der Waals surface area contributed by atoms with Gasteiger partial charge in [0.2, 0.25) is 0 Å². The molecule has 0 radical (unpaired) electrons. The normalized spacial score (nSPS) is 14.0. The first-order chi connectivity index (χ1) is 27.5. The number of carbonyl (C=O) groups excluding carboxylic acids is 2. The maximum Gasteiger partial charge on any atom is 0.324 e. The van der Waals surface area contributed by atoms with Crippen molar-refractivity contribution in [2.45, 2.75) is 45.4 Å². The van der Waals surface area contributed by atoms with E-state index in [0.29, 0.717) is 33.0 Å². The van der Waals surface area contributed by atoms with Gasteiger partial charge in [0.1, 0.15) is 24.7 Å². The number of hydrogen-bond acceptors (Lipinski definition) is 8. The number of unbranched alkanes of at least 4 members (excludes halogenated alkanes) is 4. The fraction of sp³-hybridized carbons (Fsp3) is 0.442. The number of nitrogens with zero attached hydrogens (tertiary/aromatic N) is 6. The third-order valence-corrected chi connectivity index (χ3v) is 9.93. The van der Waals surface area contributed by atoms with Crippen LogP contribution in [0.1, 0.15) is 44.1 Å². The highest BCUT2D eigenvalue weighted by atomic mass is 79.9. The van der Waals surface area contributed by atoms with Gasteiger partial charge in [0.25, 0.3) is 0 Å². The van der Waals surface area contributed by atoms with Gasteiger partial charge in [0.15, 0.2) is 0 Å². The SMILES string of the molecule is Cc1ccc(OCCOCCCCCCN2CCN(c3ccncc3)C2=O)cc1.O=C1N(CCCCOCCOc2ccc(Br)cc2)CCN1c1ccncc1. The van der Waals surface area contributed by atoms with E-state index in [1.165, 1.54) is 5.56 Å². The molecular formula is C43H55BrN6O6. The largest absolute Gasteiger partial charge is 0.491 e. The monoisotopic (exact) mass is 830 g/mol. The number of hydrogen-bond donors (Lipinski definition) is 0. The zero-order chi connectivity index (χ0) is 39.2. The molecule has 2 aliphatic heterocycles. The Labute approximate surface area is 339 Å². The Morgan fingerprint density at radius 1 is 0.518 bits per heavy atom. The van der Waals surface area contributed by atoms with E-state index in [-0.39, 0.29) is 12.1 Å². The summed E-state index contributed by atoms with van der Waals surface area (Å²) in [4.78, 5) is 40.4. The van der Waals surface area contributed by atoms with Crippen LogP contribution in [-0.2, 0) is 9.47 Å². The summed E-state index contributed by atoms with van der Waals surface area (Å²) in [7, 11) is 0. The van der Waals surface area contributed by atoms with Crippen molar-refractivity contribution in [2.24, 2.45) is 0 Å². The smallest absolute Gasteiger partial charge is 0.324 e. The third-order valence-electron chi connectivity index (χ3n) is 9.40. The number of anilines is 2. The highest BCUT2D eigenvalue weighted by Gasteiger charge is 2.29. The number of ether oxygens (including phenoxy) is 4. The molecule has 0 unspecified atom stereocenters. The molecule has 4 amide bonds. The Morgan fingerprint density at radius 3 is 1.45 bits per heavy atom. The Balaban J connectivity index is 0.000000215. The van der Waals surface area contributed by atoms with Crippen LogP contribution in [0.5, 0.6) is 11.5 Å². The molecule has 2 aliphatic rings. The van der Waals surface area contributed by atoms with Crippen LogP contribution in [0.4, 0.5) is 21.0 Å². The predicted molar refractivity (Wildman–Crippen MR) is 223 cm³/mol. The van der Waals surface area contributed by atoms with Crippen LogP contribution in [0.3, 0.4) is 0 Å². The maximum atomic E-state index is 12.5. The Kier molecular flexibility index (Phi) is 18.2. The molecule has 0 saturated carbocycles. The van der Waals surface area contributed by atoms with Gasteiger partial charge >= 0.3 is 12.1 Å². The quantitative estimate of drug-likeness (QED) is 0.0729. The number of carbonyl (C=O) groups is 2. The van der Waals surface area contributed by atoms with Crippen LogP contribution < -0.4 is 19.3 Å². The average molecular weight is 832 g/mol. The minimum atomic E-state index is 0.0741. The molecule has 4 aromatic rings. The van der Waals surface area contributed by atoms with Crippen molar-refractivity contribution in [1.29, 1.82) is 0 Å². The zero-order valence-corrected chi connectivity index (χ0v) is 34.1. The summed E-state index contributed by atoms with van der Waals surface area (Å²) in [6.45, 7) is 10.4. The third kappa shape index (κ3) is 14.4. The molecule has 56 heavy (non-hydrogen) atoms. The molecule has 0 N–H and O–H groups in total. The molecule has 0 aliphatic carbocycles. The molecule has 2 aromatic heterocycles. The molecule has 13 heteroatoms. The first kappa shape index (κ1) is 42.4. The zero-order valence-electron chi connectivity index (χ0n) is 32.5. The molecule has 0 spiro atoms. The molecule has 0 atom stereocenters. The summed E-state index contributed by atoms with van der Waals surface area (Å²) in [5.41, 5.74) is 3.07. The number of pyridine rings is 2.